The zero-order valence-electron chi connectivity index (χ0n) is 45.1. The molecule has 0 bridgehead atoms. The van der Waals surface area contributed by atoms with Crippen LogP contribution in [0.15, 0.2) is 170 Å². The van der Waals surface area contributed by atoms with E-state index in [1.54, 1.807) is 68.3 Å². The molecule has 0 amide bonds. The molecule has 1 aliphatic rings. The molecule has 0 N–H and O–H groups in total. The number of para-hydroxylation sites is 3. The van der Waals surface area contributed by atoms with Crippen LogP contribution in [0.3, 0.4) is 0 Å². The van der Waals surface area contributed by atoms with E-state index in [-0.39, 0.29) is 51.2 Å². The number of rotatable bonds is 7. The summed E-state index contributed by atoms with van der Waals surface area (Å²) in [5.74, 6) is -2.91. The molecular weight excluding hydrogens is 767 g/mol. The highest BCUT2D eigenvalue weighted by Crippen LogP contribution is 2.53. The quantitative estimate of drug-likeness (QED) is 0.160. The Hall–Kier alpha value is -7.05. The molecule has 0 radical (unpaired) electrons. The Kier molecular flexibility index (Phi) is 7.00. The molecule has 0 fully saturated rings. The van der Waals surface area contributed by atoms with Crippen LogP contribution in [-0.2, 0) is 11.3 Å². The highest BCUT2D eigenvalue weighted by atomic mass is 19.3. The zero-order chi connectivity index (χ0) is 51.6. The number of aromatic nitrogens is 2. The van der Waals surface area contributed by atoms with Gasteiger partial charge in [0, 0.05) is 44.9 Å². The molecular formula is C56H48F2N4. The molecule has 0 saturated carbocycles. The highest BCUT2D eigenvalue weighted by molar-refractivity contribution is 6.09. The van der Waals surface area contributed by atoms with E-state index in [0.717, 1.165) is 21.9 Å². The SMILES string of the molecule is [2H]c1c([2H])c([2H])c(-c2c(C)c(C)c(C)c(-c3c([2H])c([2H])c([2H])c([2H])c3[2H])c2N2CN(c3cccc(C(F)(F)c4ccc5c6ccccc6n(-c6cc(C(C)(C)C)ccn6)c5c4)c3)c3ccccc32)c([2H])c1[2H]. The second kappa shape index (κ2) is 14.8. The number of alkyl halides is 2. The molecule has 0 atom stereocenters. The summed E-state index contributed by atoms with van der Waals surface area (Å²) in [5.41, 5.74) is 5.21. The van der Waals surface area contributed by atoms with Gasteiger partial charge in [0.25, 0.3) is 5.92 Å². The third-order valence-electron chi connectivity index (χ3n) is 12.3. The fourth-order valence-electron chi connectivity index (χ4n) is 8.85. The summed E-state index contributed by atoms with van der Waals surface area (Å²) in [6, 6.07) is 24.3. The molecule has 0 aliphatic carbocycles. The van der Waals surface area contributed by atoms with Crippen LogP contribution >= 0.6 is 0 Å². The van der Waals surface area contributed by atoms with E-state index in [1.165, 1.54) is 24.3 Å². The van der Waals surface area contributed by atoms with Crippen LogP contribution in [0.5, 0.6) is 0 Å². The molecule has 0 spiro atoms. The lowest BCUT2D eigenvalue weighted by molar-refractivity contribution is 0.0430. The Bertz CT molecular complexity index is 3620. The summed E-state index contributed by atoms with van der Waals surface area (Å²) in [5, 5.41) is 1.69. The normalized spacial score (nSPS) is 15.3. The molecule has 62 heavy (non-hydrogen) atoms. The summed E-state index contributed by atoms with van der Waals surface area (Å²) in [6.45, 7) is 11.5. The summed E-state index contributed by atoms with van der Waals surface area (Å²) < 4.78 is 125. The third kappa shape index (κ3) is 6.36. The summed E-state index contributed by atoms with van der Waals surface area (Å²) in [4.78, 5) is 8.36. The van der Waals surface area contributed by atoms with Gasteiger partial charge in [0.05, 0.1) is 41.8 Å². The lowest BCUT2D eigenvalue weighted by atomic mass is 9.85. The lowest BCUT2D eigenvalue weighted by Gasteiger charge is -2.31. The zero-order valence-corrected chi connectivity index (χ0v) is 35.1. The van der Waals surface area contributed by atoms with Crippen LogP contribution in [0, 0.1) is 20.8 Å². The Morgan fingerprint density at radius 3 is 1.82 bits per heavy atom. The summed E-state index contributed by atoms with van der Waals surface area (Å²) in [7, 11) is 0. The molecule has 7 aromatic carbocycles. The van der Waals surface area contributed by atoms with Gasteiger partial charge in [0.1, 0.15) is 12.5 Å². The van der Waals surface area contributed by atoms with Gasteiger partial charge in [-0.2, -0.15) is 8.78 Å². The first-order chi connectivity index (χ1) is 34.1. The lowest BCUT2D eigenvalue weighted by Crippen LogP contribution is -2.26. The largest absolute Gasteiger partial charge is 0.321 e. The Morgan fingerprint density at radius 2 is 1.16 bits per heavy atom. The van der Waals surface area contributed by atoms with Crippen LogP contribution in [0.25, 0.3) is 49.9 Å². The van der Waals surface area contributed by atoms with Crippen LogP contribution in [0.4, 0.5) is 31.5 Å². The van der Waals surface area contributed by atoms with Gasteiger partial charge in [-0.15, -0.1) is 0 Å². The minimum atomic E-state index is -3.52. The predicted molar refractivity (Wildman–Crippen MR) is 254 cm³/mol. The smallest absolute Gasteiger partial charge is 0.298 e. The van der Waals surface area contributed by atoms with Crippen molar-refractivity contribution in [1.82, 2.24) is 9.55 Å². The fraction of sp³-hybridized carbons (Fsp3) is 0.161. The van der Waals surface area contributed by atoms with Crippen molar-refractivity contribution in [1.29, 1.82) is 0 Å². The minimum Gasteiger partial charge on any atom is -0.321 e. The summed E-state index contributed by atoms with van der Waals surface area (Å²) in [6.07, 6.45) is 1.74. The Balaban J connectivity index is 1.16. The van der Waals surface area contributed by atoms with Crippen molar-refractivity contribution >= 4 is 44.6 Å². The van der Waals surface area contributed by atoms with Crippen LogP contribution in [0.1, 0.15) is 67.9 Å². The molecule has 2 aromatic heterocycles. The second-order valence-electron chi connectivity index (χ2n) is 16.8. The first-order valence-electron chi connectivity index (χ1n) is 25.5. The maximum atomic E-state index is 17.5. The van der Waals surface area contributed by atoms with Gasteiger partial charge < -0.3 is 9.80 Å². The van der Waals surface area contributed by atoms with Crippen molar-refractivity contribution in [3.8, 4) is 28.1 Å². The maximum Gasteiger partial charge on any atom is 0.298 e. The van der Waals surface area contributed by atoms with Crippen LogP contribution in [-0.4, -0.2) is 16.2 Å². The van der Waals surface area contributed by atoms with Crippen molar-refractivity contribution in [3.05, 3.63) is 203 Å². The molecule has 4 nitrogen and oxygen atoms in total. The van der Waals surface area contributed by atoms with E-state index in [4.69, 9.17) is 13.2 Å². The van der Waals surface area contributed by atoms with E-state index >= 15 is 8.78 Å². The number of hydrogen-bond acceptors (Lipinski definition) is 3. The van der Waals surface area contributed by atoms with Gasteiger partial charge in [-0.25, -0.2) is 4.98 Å². The van der Waals surface area contributed by atoms with Gasteiger partial charge in [0.15, 0.2) is 0 Å². The molecule has 1 aliphatic heterocycles. The molecule has 3 heterocycles. The number of halogens is 2. The molecule has 9 aromatic rings. The first kappa shape index (κ1) is 29.2. The highest BCUT2D eigenvalue weighted by Gasteiger charge is 2.37. The standard InChI is InChI=1S/C56H48F2N4/c1-36-37(2)52(39-18-9-7-10-19-39)54(53(38(36)3)40-20-11-8-12-21-40)61-35-60(48-26-15-16-27-49(48)61)44-23-17-22-42(32-44)56(57,58)43-28-29-46-45-24-13-14-25-47(45)62(50(46)33-43)51-34-41(30-31-59-51)55(4,5)6/h7-34H,35H2,1-6H3/i7D,8D,9D,10D,11D,12D,18D,19D,20D,21D. The number of nitrogens with zero attached hydrogens (tertiary/aromatic N) is 4. The second-order valence-corrected chi connectivity index (χ2v) is 16.8. The average Bonchev–Trinajstić information content (AvgIpc) is 3.92. The van der Waals surface area contributed by atoms with Gasteiger partial charge in [0.2, 0.25) is 0 Å². The number of pyridine rings is 1. The van der Waals surface area contributed by atoms with Gasteiger partial charge in [-0.1, -0.05) is 136 Å². The maximum absolute atomic E-state index is 17.5. The van der Waals surface area contributed by atoms with Crippen LogP contribution in [0.2, 0.25) is 0 Å². The number of benzene rings is 7. The van der Waals surface area contributed by atoms with E-state index in [0.29, 0.717) is 45.1 Å². The predicted octanol–water partition coefficient (Wildman–Crippen LogP) is 15.1. The van der Waals surface area contributed by atoms with Crippen molar-refractivity contribution in [3.63, 3.8) is 0 Å². The number of fused-ring (bicyclic) bond motifs is 4. The van der Waals surface area contributed by atoms with E-state index in [9.17, 15) is 5.48 Å². The molecule has 6 heteroatoms. The minimum absolute atomic E-state index is 0.0830. The van der Waals surface area contributed by atoms with Crippen molar-refractivity contribution in [2.24, 2.45) is 0 Å². The van der Waals surface area contributed by atoms with E-state index in [2.05, 4.69) is 20.8 Å². The Labute approximate surface area is 376 Å². The van der Waals surface area contributed by atoms with E-state index in [1.807, 2.05) is 51.9 Å². The summed E-state index contributed by atoms with van der Waals surface area (Å²) >= 11 is 0. The van der Waals surface area contributed by atoms with Gasteiger partial charge in [-0.3, -0.25) is 4.57 Å². The average molecular weight is 825 g/mol. The first-order valence-corrected chi connectivity index (χ1v) is 20.5. The number of hydrogen-bond donors (Lipinski definition) is 0. The monoisotopic (exact) mass is 824 g/mol. The van der Waals surface area contributed by atoms with Crippen molar-refractivity contribution < 1.29 is 22.5 Å². The van der Waals surface area contributed by atoms with Gasteiger partial charge >= 0.3 is 0 Å². The van der Waals surface area contributed by atoms with Crippen LogP contribution < -0.4 is 9.80 Å². The van der Waals surface area contributed by atoms with Crippen molar-refractivity contribution in [2.75, 3.05) is 16.5 Å². The molecule has 0 saturated heterocycles. The third-order valence-corrected chi connectivity index (χ3v) is 12.3. The fourth-order valence-corrected chi connectivity index (χ4v) is 8.85. The molecule has 10 rings (SSSR count). The van der Waals surface area contributed by atoms with Gasteiger partial charge in [-0.05, 0) is 108 Å². The molecule has 306 valence electrons. The topological polar surface area (TPSA) is 24.3 Å². The van der Waals surface area contributed by atoms with Crippen molar-refractivity contribution in [2.45, 2.75) is 52.9 Å². The molecule has 0 unspecified atom stereocenters. The Morgan fingerprint density at radius 1 is 0.565 bits per heavy atom. The van der Waals surface area contributed by atoms with E-state index < -0.39 is 66.3 Å². The number of anilines is 4.